The number of rotatable bonds is 6. The smallest absolute Gasteiger partial charge is 0.320 e. The lowest BCUT2D eigenvalue weighted by Crippen LogP contribution is -2.29. The van der Waals surface area contributed by atoms with Gasteiger partial charge in [0.05, 0.1) is 0 Å². The molecule has 0 aliphatic heterocycles. The molecule has 0 aliphatic carbocycles. The van der Waals surface area contributed by atoms with Crippen LogP contribution in [0, 0.1) is 0 Å². The zero-order chi connectivity index (χ0) is 12.3. The van der Waals surface area contributed by atoms with Crippen molar-refractivity contribution in [3.63, 3.8) is 0 Å². The Kier molecular flexibility index (Phi) is 5.20. The molecule has 0 saturated heterocycles. The van der Waals surface area contributed by atoms with Crippen LogP contribution in [0.5, 0.6) is 0 Å². The third kappa shape index (κ3) is 7.78. The van der Waals surface area contributed by atoms with E-state index in [0.717, 1.165) is 0 Å². The first kappa shape index (κ1) is 7.12. The Morgan fingerprint density at radius 2 is 2.33 bits per heavy atom. The molecule has 0 unspecified atom stereocenters. The van der Waals surface area contributed by atoms with E-state index in [2.05, 4.69) is 5.32 Å². The van der Waals surface area contributed by atoms with Gasteiger partial charge in [-0.3, -0.25) is 4.79 Å². The van der Waals surface area contributed by atoms with Crippen molar-refractivity contribution in [2.45, 2.75) is 25.2 Å². The van der Waals surface area contributed by atoms with Crippen LogP contribution in [-0.4, -0.2) is 30.7 Å². The molecule has 0 spiro atoms. The fourth-order valence-electron chi connectivity index (χ4n) is 0.420. The zero-order valence-electron chi connectivity index (χ0n) is 10.8. The van der Waals surface area contributed by atoms with E-state index in [4.69, 9.17) is 16.3 Å². The van der Waals surface area contributed by atoms with Crippen molar-refractivity contribution in [1.29, 1.82) is 0 Å². The van der Waals surface area contributed by atoms with E-state index in [1.807, 2.05) is 0 Å². The van der Waals surface area contributed by atoms with Gasteiger partial charge >= 0.3 is 5.97 Å². The quantitative estimate of drug-likeness (QED) is 0.573. The average molecular weight is 201 g/mol. The molecule has 0 radical (unpaired) electrons. The standard InChI is InChI=1S/C7H16N2O2.ClH/c1-9-5-3-2-4-6(8)7(10)11;/h6,9H,2-5,8H2,1H3,(H,10,11);1H/t6-;/m0./s1/i2D2,3D2;. The summed E-state index contributed by atoms with van der Waals surface area (Å²) in [5.41, 5.74) is 5.17. The Morgan fingerprint density at radius 3 is 2.75 bits per heavy atom. The van der Waals surface area contributed by atoms with Crippen molar-refractivity contribution in [2.75, 3.05) is 13.6 Å². The number of carboxylic acid groups (broad SMARTS) is 1. The highest BCUT2D eigenvalue weighted by atomic mass is 35.5. The number of hydrogen-bond acceptors (Lipinski definition) is 3. The highest BCUT2D eigenvalue weighted by molar-refractivity contribution is 5.85. The lowest BCUT2D eigenvalue weighted by molar-refractivity contribution is -0.138. The predicted octanol–water partition coefficient (Wildman–Crippen LogP) is 0.210. The maximum absolute atomic E-state index is 10.4. The molecule has 0 rings (SSSR count). The minimum Gasteiger partial charge on any atom is -0.480 e. The highest BCUT2D eigenvalue weighted by Crippen LogP contribution is 1.97. The number of hydrogen-bond donors (Lipinski definition) is 3. The van der Waals surface area contributed by atoms with Crippen molar-refractivity contribution in [2.24, 2.45) is 5.73 Å². The second kappa shape index (κ2) is 8.77. The van der Waals surface area contributed by atoms with E-state index < -0.39 is 31.2 Å². The van der Waals surface area contributed by atoms with Gasteiger partial charge in [-0.1, -0.05) is 6.37 Å². The number of carboxylic acids is 1. The maximum atomic E-state index is 10.4. The first-order chi connectivity index (χ1) is 6.64. The SMILES string of the molecule is Cl.[2H]C([2H])(CNC)C([2H])([2H])C[C@H](N)C(=O)O. The second-order valence-electron chi connectivity index (χ2n) is 2.03. The van der Waals surface area contributed by atoms with Crippen LogP contribution in [-0.2, 0) is 4.79 Å². The topological polar surface area (TPSA) is 75.3 Å². The van der Waals surface area contributed by atoms with Crippen LogP contribution in [0.15, 0.2) is 0 Å². The summed E-state index contributed by atoms with van der Waals surface area (Å²) in [5.74, 6) is -1.33. The summed E-state index contributed by atoms with van der Waals surface area (Å²) in [6.45, 7) is -0.202. The molecule has 0 aromatic heterocycles. The molecule has 1 atom stereocenters. The Morgan fingerprint density at radius 1 is 1.75 bits per heavy atom. The minimum atomic E-state index is -2.28. The molecule has 0 heterocycles. The normalized spacial score (nSPS) is 19.2. The van der Waals surface area contributed by atoms with E-state index in [1.165, 1.54) is 7.05 Å². The molecule has 4 N–H and O–H groups in total. The first-order valence-electron chi connectivity index (χ1n) is 5.27. The molecule has 0 aromatic rings. The monoisotopic (exact) mass is 200 g/mol. The molecule has 0 bridgehead atoms. The number of halogens is 1. The van der Waals surface area contributed by atoms with E-state index >= 15 is 0 Å². The van der Waals surface area contributed by atoms with Crippen LogP contribution in [0.4, 0.5) is 0 Å². The molecule has 5 heteroatoms. The van der Waals surface area contributed by atoms with Crippen molar-refractivity contribution >= 4 is 18.4 Å². The van der Waals surface area contributed by atoms with E-state index in [1.54, 1.807) is 0 Å². The van der Waals surface area contributed by atoms with Gasteiger partial charge in [-0.25, -0.2) is 0 Å². The van der Waals surface area contributed by atoms with Crippen molar-refractivity contribution < 1.29 is 15.4 Å². The van der Waals surface area contributed by atoms with E-state index in [0.29, 0.717) is 0 Å². The number of nitrogens with one attached hydrogen (secondary N) is 1. The molecular formula is C7H17ClN2O2. The predicted molar refractivity (Wildman–Crippen MR) is 50.6 cm³/mol. The summed E-state index contributed by atoms with van der Waals surface area (Å²) in [5, 5.41) is 11.0. The highest BCUT2D eigenvalue weighted by Gasteiger charge is 2.09. The van der Waals surface area contributed by atoms with Crippen LogP contribution in [0.3, 0.4) is 0 Å². The van der Waals surface area contributed by atoms with Crippen LogP contribution in [0.1, 0.15) is 24.6 Å². The molecular weight excluding hydrogens is 180 g/mol. The van der Waals surface area contributed by atoms with Gasteiger partial charge < -0.3 is 16.2 Å². The summed E-state index contributed by atoms with van der Waals surface area (Å²) in [6.07, 6.45) is -5.00. The lowest BCUT2D eigenvalue weighted by atomic mass is 10.1. The fourth-order valence-corrected chi connectivity index (χ4v) is 0.420. The molecule has 0 fully saturated rings. The molecule has 0 aromatic carbocycles. The van der Waals surface area contributed by atoms with Crippen molar-refractivity contribution in [3.05, 3.63) is 0 Å². The van der Waals surface area contributed by atoms with Crippen LogP contribution < -0.4 is 11.1 Å². The van der Waals surface area contributed by atoms with Gasteiger partial charge in [-0.05, 0) is 26.4 Å². The number of nitrogens with two attached hydrogens (primary N) is 1. The fraction of sp³-hybridized carbons (Fsp3) is 0.857. The van der Waals surface area contributed by atoms with E-state index in [9.17, 15) is 4.79 Å². The number of aliphatic carboxylic acids is 1. The summed E-state index contributed by atoms with van der Waals surface area (Å²) >= 11 is 0. The third-order valence-corrected chi connectivity index (χ3v) is 1.03. The molecule has 12 heavy (non-hydrogen) atoms. The van der Waals surface area contributed by atoms with Crippen molar-refractivity contribution in [1.82, 2.24) is 5.32 Å². The number of carbonyl (C=O) groups is 1. The Bertz CT molecular complexity index is 240. The van der Waals surface area contributed by atoms with Gasteiger partial charge in [0.15, 0.2) is 0 Å². The molecule has 74 valence electrons. The Hall–Kier alpha value is -0.320. The van der Waals surface area contributed by atoms with Crippen LogP contribution in [0.25, 0.3) is 0 Å². The second-order valence-corrected chi connectivity index (χ2v) is 2.03. The molecule has 0 aliphatic rings. The van der Waals surface area contributed by atoms with Crippen molar-refractivity contribution in [3.8, 4) is 0 Å². The molecule has 4 nitrogen and oxygen atoms in total. The van der Waals surface area contributed by atoms with Crippen LogP contribution in [0.2, 0.25) is 0 Å². The largest absolute Gasteiger partial charge is 0.480 e. The Labute approximate surface area is 84.5 Å². The maximum Gasteiger partial charge on any atom is 0.320 e. The van der Waals surface area contributed by atoms with Gasteiger partial charge in [-0.2, -0.15) is 0 Å². The third-order valence-electron chi connectivity index (χ3n) is 1.03. The van der Waals surface area contributed by atoms with Gasteiger partial charge in [0.25, 0.3) is 0 Å². The molecule has 0 amide bonds. The van der Waals surface area contributed by atoms with Gasteiger partial charge in [0.1, 0.15) is 6.04 Å². The first-order valence-corrected chi connectivity index (χ1v) is 3.27. The summed E-state index contributed by atoms with van der Waals surface area (Å²) in [4.78, 5) is 10.4. The minimum absolute atomic E-state index is 0. The lowest BCUT2D eigenvalue weighted by Gasteiger charge is -2.04. The Balaban J connectivity index is 0. The van der Waals surface area contributed by atoms with Crippen LogP contribution >= 0.6 is 12.4 Å². The summed E-state index contributed by atoms with van der Waals surface area (Å²) in [7, 11) is 1.49. The zero-order valence-corrected chi connectivity index (χ0v) is 7.65. The van der Waals surface area contributed by atoms with Gasteiger partial charge in [0, 0.05) is 5.48 Å². The van der Waals surface area contributed by atoms with Gasteiger partial charge in [0.2, 0.25) is 0 Å². The summed E-state index contributed by atoms with van der Waals surface area (Å²) in [6, 6.07) is -1.40. The van der Waals surface area contributed by atoms with Gasteiger partial charge in [-0.15, -0.1) is 12.4 Å². The molecule has 0 saturated carbocycles. The summed E-state index contributed by atoms with van der Waals surface area (Å²) < 4.78 is 29.8. The van der Waals surface area contributed by atoms with E-state index in [-0.39, 0.29) is 19.0 Å². The average Bonchev–Trinajstić information content (AvgIpc) is 2.02.